The lowest BCUT2D eigenvalue weighted by Gasteiger charge is -2.11. The van der Waals surface area contributed by atoms with Crippen molar-refractivity contribution >= 4 is 35.0 Å². The van der Waals surface area contributed by atoms with Crippen LogP contribution in [0.5, 0.6) is 0 Å². The summed E-state index contributed by atoms with van der Waals surface area (Å²) in [6.45, 7) is 4.13. The van der Waals surface area contributed by atoms with Crippen LogP contribution in [0.3, 0.4) is 0 Å². The Kier molecular flexibility index (Phi) is 5.46. The normalized spacial score (nSPS) is 10.7. The number of rotatable bonds is 5. The van der Waals surface area contributed by atoms with E-state index in [0.29, 0.717) is 5.02 Å². The molecule has 1 amide bonds. The Morgan fingerprint density at radius 3 is 2.72 bits per heavy atom. The van der Waals surface area contributed by atoms with E-state index in [2.05, 4.69) is 42.3 Å². The van der Waals surface area contributed by atoms with Gasteiger partial charge in [0.25, 0.3) is 0 Å². The number of imidazole rings is 1. The van der Waals surface area contributed by atoms with Crippen molar-refractivity contribution in [1.82, 2.24) is 9.55 Å². The predicted octanol–water partition coefficient (Wildman–Crippen LogP) is 4.87. The van der Waals surface area contributed by atoms with Gasteiger partial charge in [-0.2, -0.15) is 0 Å². The molecule has 0 fully saturated rings. The van der Waals surface area contributed by atoms with E-state index in [1.807, 2.05) is 10.8 Å². The van der Waals surface area contributed by atoms with Crippen molar-refractivity contribution in [2.45, 2.75) is 19.0 Å². The fourth-order valence-corrected chi connectivity index (χ4v) is 3.31. The molecule has 1 N–H and O–H groups in total. The van der Waals surface area contributed by atoms with Crippen molar-refractivity contribution in [3.63, 3.8) is 0 Å². The van der Waals surface area contributed by atoms with Crippen molar-refractivity contribution in [3.05, 3.63) is 71.0 Å². The number of aryl methyl sites for hydroxylation is 2. The van der Waals surface area contributed by atoms with Crippen LogP contribution in [0.1, 0.15) is 11.1 Å². The third-order valence-corrected chi connectivity index (χ3v) is 4.91. The Morgan fingerprint density at radius 1 is 1.20 bits per heavy atom. The third kappa shape index (κ3) is 4.44. The Labute approximate surface area is 156 Å². The zero-order chi connectivity index (χ0) is 17.8. The van der Waals surface area contributed by atoms with E-state index in [4.69, 9.17) is 11.6 Å². The van der Waals surface area contributed by atoms with Crippen molar-refractivity contribution < 1.29 is 4.79 Å². The zero-order valence-corrected chi connectivity index (χ0v) is 15.6. The molecule has 2 aromatic carbocycles. The topological polar surface area (TPSA) is 46.9 Å². The molecule has 0 unspecified atom stereocenters. The molecule has 4 nitrogen and oxygen atoms in total. The van der Waals surface area contributed by atoms with Crippen molar-refractivity contribution in [2.75, 3.05) is 11.1 Å². The van der Waals surface area contributed by atoms with Crippen LogP contribution in [0.25, 0.3) is 5.69 Å². The molecule has 1 aromatic heterocycles. The molecule has 6 heteroatoms. The van der Waals surface area contributed by atoms with Gasteiger partial charge in [0.2, 0.25) is 5.91 Å². The Morgan fingerprint density at radius 2 is 1.96 bits per heavy atom. The van der Waals surface area contributed by atoms with Crippen LogP contribution in [0.15, 0.2) is 60.0 Å². The van der Waals surface area contributed by atoms with Crippen LogP contribution in [-0.2, 0) is 4.79 Å². The van der Waals surface area contributed by atoms with Gasteiger partial charge in [0.05, 0.1) is 11.4 Å². The maximum atomic E-state index is 12.2. The van der Waals surface area contributed by atoms with E-state index < -0.39 is 0 Å². The minimum Gasteiger partial charge on any atom is -0.325 e. The number of amides is 1. The molecule has 0 saturated carbocycles. The van der Waals surface area contributed by atoms with Gasteiger partial charge in [-0.25, -0.2) is 4.98 Å². The first-order chi connectivity index (χ1) is 12.0. The number of carbonyl (C=O) groups excluding carboxylic acids is 1. The van der Waals surface area contributed by atoms with Crippen LogP contribution in [0, 0.1) is 13.8 Å². The highest BCUT2D eigenvalue weighted by atomic mass is 35.5. The molecular weight excluding hydrogens is 354 g/mol. The van der Waals surface area contributed by atoms with E-state index in [0.717, 1.165) is 22.1 Å². The summed E-state index contributed by atoms with van der Waals surface area (Å²) in [5.41, 5.74) is 4.16. The highest BCUT2D eigenvalue weighted by molar-refractivity contribution is 7.99. The van der Waals surface area contributed by atoms with E-state index in [1.165, 1.54) is 17.3 Å². The Bertz CT molecular complexity index is 890. The second kappa shape index (κ2) is 7.76. The lowest BCUT2D eigenvalue weighted by Crippen LogP contribution is -2.14. The first-order valence-corrected chi connectivity index (χ1v) is 9.18. The maximum absolute atomic E-state index is 12.2. The monoisotopic (exact) mass is 371 g/mol. The number of hydrogen-bond donors (Lipinski definition) is 1. The number of aromatic nitrogens is 2. The zero-order valence-electron chi connectivity index (χ0n) is 14.0. The highest BCUT2D eigenvalue weighted by Gasteiger charge is 2.11. The molecule has 0 aliphatic rings. The lowest BCUT2D eigenvalue weighted by molar-refractivity contribution is -0.113. The van der Waals surface area contributed by atoms with E-state index in [9.17, 15) is 4.79 Å². The fourth-order valence-electron chi connectivity index (χ4n) is 2.42. The molecule has 0 radical (unpaired) electrons. The van der Waals surface area contributed by atoms with Gasteiger partial charge >= 0.3 is 0 Å². The number of nitrogens with one attached hydrogen (secondary N) is 1. The average molecular weight is 372 g/mol. The molecular formula is C19H18ClN3OS. The molecule has 0 atom stereocenters. The minimum atomic E-state index is -0.0807. The fraction of sp³-hybridized carbons (Fsp3) is 0.158. The summed E-state index contributed by atoms with van der Waals surface area (Å²) in [4.78, 5) is 16.5. The summed E-state index contributed by atoms with van der Waals surface area (Å²) in [7, 11) is 0. The van der Waals surface area contributed by atoms with Crippen molar-refractivity contribution in [3.8, 4) is 5.69 Å². The number of carbonyl (C=O) groups is 1. The Hall–Kier alpha value is -2.24. The number of halogens is 1. The smallest absolute Gasteiger partial charge is 0.234 e. The molecule has 3 aromatic rings. The standard InChI is InChI=1S/C19H18ClN3OS/c1-13-3-4-14(2)17(11-13)23-10-9-21-19(23)25-12-18(24)22-16-7-5-15(20)6-8-16/h3-11H,12H2,1-2H3,(H,22,24). The van der Waals surface area contributed by atoms with E-state index in [-0.39, 0.29) is 11.7 Å². The SMILES string of the molecule is Cc1ccc(C)c(-n2ccnc2SCC(=O)Nc2ccc(Cl)cc2)c1. The Balaban J connectivity index is 1.68. The molecule has 25 heavy (non-hydrogen) atoms. The summed E-state index contributed by atoms with van der Waals surface area (Å²) in [5, 5.41) is 4.29. The van der Waals surface area contributed by atoms with E-state index >= 15 is 0 Å². The summed E-state index contributed by atoms with van der Waals surface area (Å²) >= 11 is 7.26. The summed E-state index contributed by atoms with van der Waals surface area (Å²) in [5.74, 6) is 0.202. The number of anilines is 1. The van der Waals surface area contributed by atoms with Crippen molar-refractivity contribution in [2.24, 2.45) is 0 Å². The first kappa shape index (κ1) is 17.6. The number of nitrogens with zero attached hydrogens (tertiary/aromatic N) is 2. The summed E-state index contributed by atoms with van der Waals surface area (Å²) in [6.07, 6.45) is 3.67. The number of benzene rings is 2. The highest BCUT2D eigenvalue weighted by Crippen LogP contribution is 2.24. The van der Waals surface area contributed by atoms with Crippen LogP contribution in [-0.4, -0.2) is 21.2 Å². The summed E-state index contributed by atoms with van der Waals surface area (Å²) < 4.78 is 2.02. The second-order valence-corrected chi connectivity index (χ2v) is 7.09. The lowest BCUT2D eigenvalue weighted by atomic mass is 10.1. The van der Waals surface area contributed by atoms with Gasteiger partial charge in [-0.15, -0.1) is 0 Å². The molecule has 0 aliphatic heterocycles. The number of thioether (sulfide) groups is 1. The first-order valence-electron chi connectivity index (χ1n) is 7.82. The van der Waals surface area contributed by atoms with Crippen LogP contribution in [0.2, 0.25) is 5.02 Å². The van der Waals surface area contributed by atoms with Gasteiger partial charge in [0.1, 0.15) is 0 Å². The van der Waals surface area contributed by atoms with Crippen LogP contribution >= 0.6 is 23.4 Å². The average Bonchev–Trinajstić information content (AvgIpc) is 3.05. The van der Waals surface area contributed by atoms with Gasteiger partial charge in [0.15, 0.2) is 5.16 Å². The molecule has 0 aliphatic carbocycles. The second-order valence-electron chi connectivity index (χ2n) is 5.71. The quantitative estimate of drug-likeness (QED) is 0.650. The molecule has 0 saturated heterocycles. The van der Waals surface area contributed by atoms with Gasteiger partial charge in [-0.05, 0) is 55.3 Å². The molecule has 1 heterocycles. The van der Waals surface area contributed by atoms with Gasteiger partial charge < -0.3 is 5.32 Å². The number of hydrogen-bond acceptors (Lipinski definition) is 3. The van der Waals surface area contributed by atoms with Gasteiger partial charge in [-0.3, -0.25) is 9.36 Å². The van der Waals surface area contributed by atoms with Gasteiger partial charge in [-0.1, -0.05) is 35.5 Å². The molecule has 0 bridgehead atoms. The predicted molar refractivity (Wildman–Crippen MR) is 104 cm³/mol. The van der Waals surface area contributed by atoms with Crippen LogP contribution < -0.4 is 5.32 Å². The third-order valence-electron chi connectivity index (χ3n) is 3.69. The molecule has 3 rings (SSSR count). The molecule has 0 spiro atoms. The minimum absolute atomic E-state index is 0.0807. The van der Waals surface area contributed by atoms with E-state index in [1.54, 1.807) is 30.5 Å². The van der Waals surface area contributed by atoms with Crippen molar-refractivity contribution in [1.29, 1.82) is 0 Å². The maximum Gasteiger partial charge on any atom is 0.234 e. The molecule has 128 valence electrons. The van der Waals surface area contributed by atoms with Gasteiger partial charge in [0, 0.05) is 23.1 Å². The largest absolute Gasteiger partial charge is 0.325 e. The van der Waals surface area contributed by atoms with Crippen LogP contribution in [0.4, 0.5) is 5.69 Å². The summed E-state index contributed by atoms with van der Waals surface area (Å²) in [6, 6.07) is 13.3.